The van der Waals surface area contributed by atoms with E-state index >= 15 is 4.39 Å². The van der Waals surface area contributed by atoms with Gasteiger partial charge in [-0.1, -0.05) is 11.6 Å². The van der Waals surface area contributed by atoms with Crippen LogP contribution in [0.2, 0.25) is 5.02 Å². The summed E-state index contributed by atoms with van der Waals surface area (Å²) in [5.41, 5.74) is 7.15. The van der Waals surface area contributed by atoms with Gasteiger partial charge in [0.05, 0.1) is 12.2 Å². The molecule has 0 aliphatic carbocycles. The predicted molar refractivity (Wildman–Crippen MR) is 147 cm³/mol. The minimum atomic E-state index is -1.07. The summed E-state index contributed by atoms with van der Waals surface area (Å²) < 4.78 is 27.7. The molecule has 0 saturated carbocycles. The number of nitrogen functional groups attached to an aromatic ring is 1. The second-order valence-corrected chi connectivity index (χ2v) is 9.71. The van der Waals surface area contributed by atoms with Gasteiger partial charge < -0.3 is 30.9 Å². The zero-order valence-electron chi connectivity index (χ0n) is 21.4. The van der Waals surface area contributed by atoms with Crippen LogP contribution in [-0.4, -0.2) is 40.4 Å². The molecule has 1 aliphatic rings. The molecule has 40 heavy (non-hydrogen) atoms. The van der Waals surface area contributed by atoms with Crippen LogP contribution in [0.25, 0.3) is 11.3 Å². The van der Waals surface area contributed by atoms with Crippen LogP contribution in [0.4, 0.5) is 15.9 Å². The minimum absolute atomic E-state index is 0.0183. The number of pyridine rings is 2. The number of ether oxygens (including phenoxy) is 2. The Hall–Kier alpha value is -4.45. The Morgan fingerprint density at radius 1 is 1.23 bits per heavy atom. The number of benzene rings is 2. The summed E-state index contributed by atoms with van der Waals surface area (Å²) in [6.45, 7) is 1.74. The molecule has 1 fully saturated rings. The summed E-state index contributed by atoms with van der Waals surface area (Å²) in [5.74, 6) is -0.765. The molecule has 4 aromatic rings. The number of halogens is 2. The third-order valence-corrected chi connectivity index (χ3v) is 6.56. The van der Waals surface area contributed by atoms with Crippen molar-refractivity contribution in [1.82, 2.24) is 10.3 Å². The van der Waals surface area contributed by atoms with Gasteiger partial charge in [0, 0.05) is 51.9 Å². The Morgan fingerprint density at radius 3 is 2.65 bits per heavy atom. The number of hydrogen-bond donors (Lipinski definition) is 6. The molecule has 0 radical (unpaired) electrons. The fraction of sp³-hybridized carbons (Fsp3) is 0.179. The molecule has 0 amide bonds. The second-order valence-electron chi connectivity index (χ2n) is 9.28. The van der Waals surface area contributed by atoms with Crippen LogP contribution >= 0.6 is 11.6 Å². The van der Waals surface area contributed by atoms with Gasteiger partial charge in [-0.25, -0.2) is 9.37 Å². The van der Waals surface area contributed by atoms with Gasteiger partial charge in [-0.15, -0.1) is 0 Å². The van der Waals surface area contributed by atoms with E-state index in [-0.39, 0.29) is 41.9 Å². The third kappa shape index (κ3) is 5.48. The molecule has 0 spiro atoms. The molecule has 3 heterocycles. The maximum absolute atomic E-state index is 15.2. The summed E-state index contributed by atoms with van der Waals surface area (Å²) in [5, 5.41) is 35.1. The van der Waals surface area contributed by atoms with Crippen molar-refractivity contribution in [3.8, 4) is 22.8 Å². The SMILES string of the molecule is C[C@H](CO)NC(=N)c1c(Oc2ccc(NC3(c4cccc(-c5ccc(Cl)cc5)[n+]4O)CO3)cc2F)ccnc1N. The van der Waals surface area contributed by atoms with Crippen LogP contribution in [-0.2, 0) is 10.5 Å². The highest BCUT2D eigenvalue weighted by atomic mass is 35.5. The molecular formula is C28H27ClFN6O4+. The van der Waals surface area contributed by atoms with Crippen LogP contribution in [0.5, 0.6) is 11.5 Å². The molecule has 2 aromatic carbocycles. The first kappa shape index (κ1) is 27.1. The van der Waals surface area contributed by atoms with E-state index in [2.05, 4.69) is 15.6 Å². The van der Waals surface area contributed by atoms with Crippen molar-refractivity contribution in [2.45, 2.75) is 18.7 Å². The number of amidine groups is 1. The summed E-state index contributed by atoms with van der Waals surface area (Å²) >= 11 is 6.00. The molecule has 2 aromatic heterocycles. The fourth-order valence-corrected chi connectivity index (χ4v) is 4.30. The first-order valence-corrected chi connectivity index (χ1v) is 12.7. The normalized spacial score (nSPS) is 16.7. The van der Waals surface area contributed by atoms with E-state index in [1.54, 1.807) is 55.5 Å². The lowest BCUT2D eigenvalue weighted by Gasteiger charge is -2.18. The number of epoxide rings is 1. The number of nitrogens with two attached hydrogens (primary N) is 1. The number of nitrogens with zero attached hydrogens (tertiary/aromatic N) is 2. The van der Waals surface area contributed by atoms with E-state index in [0.29, 0.717) is 22.1 Å². The molecular weight excluding hydrogens is 539 g/mol. The van der Waals surface area contributed by atoms with Crippen molar-refractivity contribution in [2.75, 3.05) is 24.3 Å². The zero-order valence-corrected chi connectivity index (χ0v) is 22.1. The lowest BCUT2D eigenvalue weighted by Crippen LogP contribution is -2.44. The number of hydrogen-bond acceptors (Lipinski definition) is 8. The van der Waals surface area contributed by atoms with E-state index in [1.165, 1.54) is 24.4 Å². The molecule has 206 valence electrons. The van der Waals surface area contributed by atoms with Crippen LogP contribution in [0, 0.1) is 11.2 Å². The third-order valence-electron chi connectivity index (χ3n) is 6.31. The van der Waals surface area contributed by atoms with Crippen molar-refractivity contribution in [1.29, 1.82) is 5.41 Å². The van der Waals surface area contributed by atoms with Crippen molar-refractivity contribution >= 4 is 28.9 Å². The number of aliphatic hydroxyl groups is 1. The summed E-state index contributed by atoms with van der Waals surface area (Å²) in [6.07, 6.45) is 1.39. The lowest BCUT2D eigenvalue weighted by molar-refractivity contribution is -0.902. The average molecular weight is 566 g/mol. The molecule has 10 nitrogen and oxygen atoms in total. The topological polar surface area (TPSA) is 153 Å². The number of aliphatic hydroxyl groups excluding tert-OH is 1. The van der Waals surface area contributed by atoms with Crippen molar-refractivity contribution in [3.63, 3.8) is 0 Å². The van der Waals surface area contributed by atoms with Crippen LogP contribution < -0.4 is 25.8 Å². The first-order chi connectivity index (χ1) is 19.2. The maximum atomic E-state index is 15.2. The predicted octanol–water partition coefficient (Wildman–Crippen LogP) is 4.03. The van der Waals surface area contributed by atoms with E-state index in [0.717, 1.165) is 10.3 Å². The Bertz CT molecular complexity index is 1570. The fourth-order valence-electron chi connectivity index (χ4n) is 4.18. The highest BCUT2D eigenvalue weighted by Gasteiger charge is 2.55. The van der Waals surface area contributed by atoms with Gasteiger partial charge in [0.15, 0.2) is 11.6 Å². The van der Waals surface area contributed by atoms with Crippen LogP contribution in [0.15, 0.2) is 72.9 Å². The highest BCUT2D eigenvalue weighted by molar-refractivity contribution is 6.30. The van der Waals surface area contributed by atoms with Gasteiger partial charge in [0.2, 0.25) is 0 Å². The molecule has 1 aliphatic heterocycles. The number of anilines is 2. The number of aromatic nitrogens is 2. The smallest absolute Gasteiger partial charge is 0.289 e. The molecule has 7 N–H and O–H groups in total. The van der Waals surface area contributed by atoms with Crippen molar-refractivity contribution in [2.24, 2.45) is 0 Å². The zero-order chi connectivity index (χ0) is 28.4. The van der Waals surface area contributed by atoms with Crippen molar-refractivity contribution in [3.05, 3.63) is 95.0 Å². The Balaban J connectivity index is 1.37. The lowest BCUT2D eigenvalue weighted by atomic mass is 10.1. The van der Waals surface area contributed by atoms with Gasteiger partial charge in [0.1, 0.15) is 29.6 Å². The second kappa shape index (κ2) is 11.0. The van der Waals surface area contributed by atoms with E-state index in [4.69, 9.17) is 32.2 Å². The Labute approximate surface area is 234 Å². The van der Waals surface area contributed by atoms with Gasteiger partial charge in [-0.3, -0.25) is 10.6 Å². The first-order valence-electron chi connectivity index (χ1n) is 12.3. The van der Waals surface area contributed by atoms with Gasteiger partial charge in [-0.2, -0.15) is 0 Å². The summed E-state index contributed by atoms with van der Waals surface area (Å²) in [7, 11) is 0. The Morgan fingerprint density at radius 2 is 1.98 bits per heavy atom. The van der Waals surface area contributed by atoms with E-state index in [1.807, 2.05) is 0 Å². The number of rotatable bonds is 9. The molecule has 5 rings (SSSR count). The van der Waals surface area contributed by atoms with Gasteiger partial charge >= 0.3 is 0 Å². The molecule has 1 saturated heterocycles. The number of nitrogens with one attached hydrogen (secondary N) is 3. The monoisotopic (exact) mass is 565 g/mol. The minimum Gasteiger partial charge on any atom is -0.453 e. The highest BCUT2D eigenvalue weighted by Crippen LogP contribution is 2.39. The molecule has 0 bridgehead atoms. The molecule has 2 atom stereocenters. The Kier molecular flexibility index (Phi) is 7.44. The summed E-state index contributed by atoms with van der Waals surface area (Å²) in [4.78, 5) is 3.99. The van der Waals surface area contributed by atoms with Crippen molar-refractivity contribution < 1.29 is 28.9 Å². The van der Waals surface area contributed by atoms with Gasteiger partial charge in [-0.05, 0) is 49.4 Å². The van der Waals surface area contributed by atoms with E-state index in [9.17, 15) is 10.3 Å². The van der Waals surface area contributed by atoms with Gasteiger partial charge in [0.25, 0.3) is 17.1 Å². The average Bonchev–Trinajstić information content (AvgIpc) is 3.71. The quantitative estimate of drug-likeness (QED) is 0.0585. The molecule has 1 unspecified atom stereocenters. The summed E-state index contributed by atoms with van der Waals surface area (Å²) in [6, 6.07) is 17.6. The van der Waals surface area contributed by atoms with E-state index < -0.39 is 17.6 Å². The van der Waals surface area contributed by atoms with Crippen LogP contribution in [0.1, 0.15) is 18.2 Å². The maximum Gasteiger partial charge on any atom is 0.289 e. The van der Waals surface area contributed by atoms with Crippen LogP contribution in [0.3, 0.4) is 0 Å². The standard InChI is InChI=1S/C28H27ClFN6O4/c1-16(14-37)34-27(32)25-23(11-12-33-26(25)31)40-22-10-9-19(13-20(22)30)35-28(15-39-28)24-4-2-3-21(36(24)38)17-5-7-18(29)8-6-17/h2-13,16,35,37-38H,14-15H2,1H3,(H2,31,33)(H2,32,34)/q+1/t16-,28?/m1/s1. The largest absolute Gasteiger partial charge is 0.453 e. The molecule has 12 heteroatoms.